The molecule has 0 aliphatic carbocycles. The summed E-state index contributed by atoms with van der Waals surface area (Å²) < 4.78 is 0. The Labute approximate surface area is 106 Å². The van der Waals surface area contributed by atoms with E-state index in [1.54, 1.807) is 11.8 Å². The number of nitrogens with zero attached hydrogens (tertiary/aromatic N) is 3. The van der Waals surface area contributed by atoms with Crippen molar-refractivity contribution in [1.82, 2.24) is 15.3 Å². The molecule has 0 aromatic carbocycles. The lowest BCUT2D eigenvalue weighted by molar-refractivity contribution is 0.583. The molecule has 0 bridgehead atoms. The van der Waals surface area contributed by atoms with Crippen molar-refractivity contribution in [3.05, 3.63) is 6.07 Å². The van der Waals surface area contributed by atoms with Crippen LogP contribution in [0.15, 0.2) is 11.2 Å². The zero-order chi connectivity index (χ0) is 12.1. The first-order valence-corrected chi connectivity index (χ1v) is 7.18. The Kier molecular flexibility index (Phi) is 4.44. The molecule has 6 heteroatoms. The highest BCUT2D eigenvalue weighted by molar-refractivity contribution is 7.98. The van der Waals surface area contributed by atoms with Crippen molar-refractivity contribution in [3.63, 3.8) is 0 Å². The van der Waals surface area contributed by atoms with Gasteiger partial charge in [0.1, 0.15) is 11.6 Å². The smallest absolute Gasteiger partial charge is 0.191 e. The van der Waals surface area contributed by atoms with Gasteiger partial charge in [0.05, 0.1) is 0 Å². The first-order valence-electron chi connectivity index (χ1n) is 5.96. The molecular formula is C11H19N5S. The molecule has 5 nitrogen and oxygen atoms in total. The van der Waals surface area contributed by atoms with Gasteiger partial charge in [-0.1, -0.05) is 11.8 Å². The third kappa shape index (κ3) is 3.23. The van der Waals surface area contributed by atoms with E-state index in [1.165, 1.54) is 0 Å². The van der Waals surface area contributed by atoms with Gasteiger partial charge in [0.2, 0.25) is 0 Å². The van der Waals surface area contributed by atoms with E-state index in [0.717, 1.165) is 49.5 Å². The van der Waals surface area contributed by atoms with Crippen LogP contribution in [-0.2, 0) is 0 Å². The molecule has 17 heavy (non-hydrogen) atoms. The largest absolute Gasteiger partial charge is 0.370 e. The summed E-state index contributed by atoms with van der Waals surface area (Å²) in [5.41, 5.74) is 0. The summed E-state index contributed by atoms with van der Waals surface area (Å²) in [5, 5.41) is 7.43. The van der Waals surface area contributed by atoms with Gasteiger partial charge in [0, 0.05) is 38.8 Å². The van der Waals surface area contributed by atoms with Crippen LogP contribution in [0, 0.1) is 0 Å². The molecule has 1 aliphatic heterocycles. The molecule has 2 N–H and O–H groups in total. The monoisotopic (exact) mass is 253 g/mol. The Morgan fingerprint density at radius 2 is 2.18 bits per heavy atom. The van der Waals surface area contributed by atoms with E-state index in [2.05, 4.69) is 32.4 Å². The van der Waals surface area contributed by atoms with Crippen LogP contribution in [-0.4, -0.2) is 48.9 Å². The molecule has 0 atom stereocenters. The molecule has 1 saturated heterocycles. The summed E-state index contributed by atoms with van der Waals surface area (Å²) in [6, 6.07) is 2.04. The average Bonchev–Trinajstić information content (AvgIpc) is 2.40. The van der Waals surface area contributed by atoms with Crippen LogP contribution in [0.2, 0.25) is 0 Å². The van der Waals surface area contributed by atoms with Crippen molar-refractivity contribution in [3.8, 4) is 0 Å². The van der Waals surface area contributed by atoms with Gasteiger partial charge in [-0.05, 0) is 13.2 Å². The van der Waals surface area contributed by atoms with E-state index >= 15 is 0 Å². The predicted molar refractivity (Wildman–Crippen MR) is 73.1 cm³/mol. The number of thioether (sulfide) groups is 1. The molecule has 0 spiro atoms. The molecular weight excluding hydrogens is 234 g/mol. The molecule has 1 aromatic heterocycles. The Morgan fingerprint density at radius 1 is 1.41 bits per heavy atom. The van der Waals surface area contributed by atoms with Gasteiger partial charge in [-0.3, -0.25) is 0 Å². The van der Waals surface area contributed by atoms with E-state index in [0.29, 0.717) is 0 Å². The van der Waals surface area contributed by atoms with Crippen LogP contribution in [0.5, 0.6) is 0 Å². The molecule has 0 saturated carbocycles. The zero-order valence-corrected chi connectivity index (χ0v) is 11.2. The topological polar surface area (TPSA) is 53.1 Å². The summed E-state index contributed by atoms with van der Waals surface area (Å²) in [4.78, 5) is 11.3. The third-order valence-electron chi connectivity index (χ3n) is 2.67. The first-order chi connectivity index (χ1) is 8.33. The van der Waals surface area contributed by atoms with Gasteiger partial charge >= 0.3 is 0 Å². The molecule has 2 rings (SSSR count). The summed E-state index contributed by atoms with van der Waals surface area (Å²) in [6.07, 6.45) is 2.01. The Bertz CT molecular complexity index is 365. The molecule has 1 aromatic rings. The highest BCUT2D eigenvalue weighted by Crippen LogP contribution is 2.20. The van der Waals surface area contributed by atoms with Crippen molar-refractivity contribution in [2.75, 3.05) is 49.2 Å². The quantitative estimate of drug-likeness (QED) is 0.618. The number of hydrogen-bond donors (Lipinski definition) is 2. The Hall–Kier alpha value is -1.01. The third-order valence-corrected chi connectivity index (χ3v) is 3.22. The number of aromatic nitrogens is 2. The molecule has 0 amide bonds. The molecule has 1 aliphatic rings. The molecule has 0 unspecified atom stereocenters. The standard InChI is InChI=1S/C11H19N5S/c1-3-13-9-8-10(15-11(14-9)17-2)16-6-4-12-5-7-16/h8,12H,3-7H2,1-2H3,(H,13,14,15). The van der Waals surface area contributed by atoms with E-state index in [9.17, 15) is 0 Å². The minimum atomic E-state index is 0.831. The van der Waals surface area contributed by atoms with Crippen LogP contribution in [0.25, 0.3) is 0 Å². The number of anilines is 2. The van der Waals surface area contributed by atoms with Gasteiger partial charge in [0.25, 0.3) is 0 Å². The fourth-order valence-electron chi connectivity index (χ4n) is 1.83. The molecule has 1 fully saturated rings. The second-order valence-corrected chi connectivity index (χ2v) is 4.64. The predicted octanol–water partition coefficient (Wildman–Crippen LogP) is 1.04. The molecule has 2 heterocycles. The lowest BCUT2D eigenvalue weighted by Crippen LogP contribution is -2.44. The first kappa shape index (κ1) is 12.4. The van der Waals surface area contributed by atoms with Crippen LogP contribution < -0.4 is 15.5 Å². The average molecular weight is 253 g/mol. The van der Waals surface area contributed by atoms with E-state index in [1.807, 2.05) is 12.3 Å². The maximum atomic E-state index is 4.57. The van der Waals surface area contributed by atoms with E-state index in [-0.39, 0.29) is 0 Å². The lowest BCUT2D eigenvalue weighted by atomic mass is 10.3. The SMILES string of the molecule is CCNc1cc(N2CCNCC2)nc(SC)n1. The van der Waals surface area contributed by atoms with E-state index < -0.39 is 0 Å². The Morgan fingerprint density at radius 3 is 2.82 bits per heavy atom. The van der Waals surface area contributed by atoms with Gasteiger partial charge in [-0.25, -0.2) is 9.97 Å². The van der Waals surface area contributed by atoms with Crippen molar-refractivity contribution in [2.24, 2.45) is 0 Å². The van der Waals surface area contributed by atoms with Crippen LogP contribution >= 0.6 is 11.8 Å². The van der Waals surface area contributed by atoms with Crippen molar-refractivity contribution < 1.29 is 0 Å². The lowest BCUT2D eigenvalue weighted by Gasteiger charge is -2.28. The van der Waals surface area contributed by atoms with Crippen LogP contribution in [0.1, 0.15) is 6.92 Å². The summed E-state index contributed by atoms with van der Waals surface area (Å²) in [7, 11) is 0. The van der Waals surface area contributed by atoms with Crippen LogP contribution in [0.4, 0.5) is 11.6 Å². The fourth-order valence-corrected chi connectivity index (χ4v) is 2.21. The number of rotatable bonds is 4. The highest BCUT2D eigenvalue weighted by atomic mass is 32.2. The maximum Gasteiger partial charge on any atom is 0.191 e. The number of piperazine rings is 1. The molecule has 0 radical (unpaired) electrons. The van der Waals surface area contributed by atoms with Crippen molar-refractivity contribution in [2.45, 2.75) is 12.1 Å². The summed E-state index contributed by atoms with van der Waals surface area (Å²) in [6.45, 7) is 7.02. The second-order valence-electron chi connectivity index (χ2n) is 3.87. The highest BCUT2D eigenvalue weighted by Gasteiger charge is 2.13. The fraction of sp³-hybridized carbons (Fsp3) is 0.636. The van der Waals surface area contributed by atoms with Gasteiger partial charge in [-0.2, -0.15) is 0 Å². The van der Waals surface area contributed by atoms with Crippen molar-refractivity contribution in [1.29, 1.82) is 0 Å². The van der Waals surface area contributed by atoms with E-state index in [4.69, 9.17) is 0 Å². The maximum absolute atomic E-state index is 4.57. The minimum Gasteiger partial charge on any atom is -0.370 e. The van der Waals surface area contributed by atoms with Crippen molar-refractivity contribution >= 4 is 23.4 Å². The Balaban J connectivity index is 2.21. The summed E-state index contributed by atoms with van der Waals surface area (Å²) >= 11 is 1.58. The van der Waals surface area contributed by atoms with Gasteiger partial charge < -0.3 is 15.5 Å². The summed E-state index contributed by atoms with van der Waals surface area (Å²) in [5.74, 6) is 1.95. The van der Waals surface area contributed by atoms with Gasteiger partial charge in [0.15, 0.2) is 5.16 Å². The van der Waals surface area contributed by atoms with Crippen LogP contribution in [0.3, 0.4) is 0 Å². The minimum absolute atomic E-state index is 0.831. The molecule has 94 valence electrons. The normalized spacial score (nSPS) is 16.0. The second kappa shape index (κ2) is 6.07. The number of hydrogen-bond acceptors (Lipinski definition) is 6. The van der Waals surface area contributed by atoms with Gasteiger partial charge in [-0.15, -0.1) is 0 Å². The number of nitrogens with one attached hydrogen (secondary N) is 2. The zero-order valence-electron chi connectivity index (χ0n) is 10.4.